The molecule has 1 unspecified atom stereocenters. The van der Waals surface area contributed by atoms with Crippen molar-refractivity contribution < 1.29 is 9.47 Å². The lowest BCUT2D eigenvalue weighted by molar-refractivity contribution is 0.139. The molecule has 0 heterocycles. The van der Waals surface area contributed by atoms with Crippen LogP contribution in [0.5, 0.6) is 5.75 Å². The number of rotatable bonds is 11. The van der Waals surface area contributed by atoms with E-state index in [2.05, 4.69) is 24.4 Å². The fourth-order valence-corrected chi connectivity index (χ4v) is 2.43. The van der Waals surface area contributed by atoms with Crippen LogP contribution in [0.1, 0.15) is 32.3 Å². The Kier molecular flexibility index (Phi) is 9.09. The Bertz CT molecular complexity index is 355. The zero-order valence-electron chi connectivity index (χ0n) is 13.2. The van der Waals surface area contributed by atoms with Gasteiger partial charge in [0.15, 0.2) is 0 Å². The Hall–Kier alpha value is -1.06. The fraction of sp³-hybridized carbons (Fsp3) is 0.647. The highest BCUT2D eigenvalue weighted by atomic mass is 16.5. The van der Waals surface area contributed by atoms with Crippen molar-refractivity contribution >= 4 is 0 Å². The summed E-state index contributed by atoms with van der Waals surface area (Å²) in [5.74, 6) is 1.63. The second-order valence-corrected chi connectivity index (χ2v) is 5.03. The van der Waals surface area contributed by atoms with Crippen molar-refractivity contribution in [3.8, 4) is 5.75 Å². The van der Waals surface area contributed by atoms with Crippen molar-refractivity contribution in [3.05, 3.63) is 29.8 Å². The van der Waals surface area contributed by atoms with E-state index >= 15 is 0 Å². The van der Waals surface area contributed by atoms with Crippen molar-refractivity contribution in [1.82, 2.24) is 5.32 Å². The molecule has 1 N–H and O–H groups in total. The molecule has 0 fully saturated rings. The van der Waals surface area contributed by atoms with E-state index in [1.807, 2.05) is 19.1 Å². The van der Waals surface area contributed by atoms with Crippen molar-refractivity contribution in [1.29, 1.82) is 0 Å². The van der Waals surface area contributed by atoms with Crippen LogP contribution in [0.15, 0.2) is 24.3 Å². The van der Waals surface area contributed by atoms with E-state index in [1.165, 1.54) is 12.0 Å². The molecule has 20 heavy (non-hydrogen) atoms. The highest BCUT2D eigenvalue weighted by Crippen LogP contribution is 2.22. The number of hydrogen-bond donors (Lipinski definition) is 1. The van der Waals surface area contributed by atoms with E-state index in [-0.39, 0.29) is 0 Å². The average molecular weight is 279 g/mol. The summed E-state index contributed by atoms with van der Waals surface area (Å²) in [6, 6.07) is 8.32. The van der Waals surface area contributed by atoms with Crippen LogP contribution in [-0.2, 0) is 11.2 Å². The monoisotopic (exact) mass is 279 g/mol. The van der Waals surface area contributed by atoms with Crippen LogP contribution < -0.4 is 10.1 Å². The van der Waals surface area contributed by atoms with Gasteiger partial charge in [-0.2, -0.15) is 0 Å². The molecule has 0 spiro atoms. The van der Waals surface area contributed by atoms with E-state index in [4.69, 9.17) is 9.47 Å². The first-order chi connectivity index (χ1) is 9.81. The number of nitrogens with one attached hydrogen (secondary N) is 1. The molecule has 1 rings (SSSR count). The molecule has 1 aromatic carbocycles. The lowest BCUT2D eigenvalue weighted by Crippen LogP contribution is -2.24. The normalized spacial score (nSPS) is 12.3. The summed E-state index contributed by atoms with van der Waals surface area (Å²) in [5.41, 5.74) is 1.30. The molecule has 0 radical (unpaired) electrons. The van der Waals surface area contributed by atoms with Crippen LogP contribution >= 0.6 is 0 Å². The second-order valence-electron chi connectivity index (χ2n) is 5.03. The third-order valence-electron chi connectivity index (χ3n) is 3.49. The van der Waals surface area contributed by atoms with Crippen LogP contribution in [0.3, 0.4) is 0 Å². The Balaban J connectivity index is 2.53. The standard InChI is InChI=1S/C17H29NO2/c1-4-18-14-15(9-8-12-20-5-2)13-16-10-6-7-11-17(16)19-3/h6-7,10-11,15,18H,4-5,8-9,12-14H2,1-3H3. The van der Waals surface area contributed by atoms with Gasteiger partial charge in [0.2, 0.25) is 0 Å². The van der Waals surface area contributed by atoms with Crippen molar-refractivity contribution in [2.75, 3.05) is 33.4 Å². The first kappa shape index (κ1) is 17.0. The molecule has 3 nitrogen and oxygen atoms in total. The summed E-state index contributed by atoms with van der Waals surface area (Å²) >= 11 is 0. The highest BCUT2D eigenvalue weighted by molar-refractivity contribution is 5.33. The van der Waals surface area contributed by atoms with Crippen LogP contribution in [0.4, 0.5) is 0 Å². The van der Waals surface area contributed by atoms with E-state index in [1.54, 1.807) is 7.11 Å². The van der Waals surface area contributed by atoms with Gasteiger partial charge in [-0.15, -0.1) is 0 Å². The number of ether oxygens (including phenoxy) is 2. The van der Waals surface area contributed by atoms with Gasteiger partial charge >= 0.3 is 0 Å². The molecule has 0 saturated carbocycles. The Labute approximate surface area is 123 Å². The van der Waals surface area contributed by atoms with Gasteiger partial charge in [-0.1, -0.05) is 25.1 Å². The third-order valence-corrected chi connectivity index (χ3v) is 3.49. The number of methoxy groups -OCH3 is 1. The van der Waals surface area contributed by atoms with E-state index in [9.17, 15) is 0 Å². The van der Waals surface area contributed by atoms with E-state index < -0.39 is 0 Å². The van der Waals surface area contributed by atoms with Gasteiger partial charge in [0.25, 0.3) is 0 Å². The minimum atomic E-state index is 0.631. The Morgan fingerprint density at radius 3 is 2.70 bits per heavy atom. The third kappa shape index (κ3) is 6.40. The fourth-order valence-electron chi connectivity index (χ4n) is 2.43. The van der Waals surface area contributed by atoms with Crippen molar-refractivity contribution in [2.24, 2.45) is 5.92 Å². The first-order valence-electron chi connectivity index (χ1n) is 7.72. The predicted octanol–water partition coefficient (Wildman–Crippen LogP) is 3.28. The van der Waals surface area contributed by atoms with Gasteiger partial charge in [-0.25, -0.2) is 0 Å². The smallest absolute Gasteiger partial charge is 0.122 e. The van der Waals surface area contributed by atoms with E-state index in [0.29, 0.717) is 5.92 Å². The molecule has 3 heteroatoms. The zero-order chi connectivity index (χ0) is 14.6. The van der Waals surface area contributed by atoms with Crippen LogP contribution in [0.2, 0.25) is 0 Å². The molecule has 0 aromatic heterocycles. The van der Waals surface area contributed by atoms with Crippen LogP contribution in [0, 0.1) is 5.92 Å². The molecule has 1 atom stereocenters. The molecule has 0 aliphatic heterocycles. The average Bonchev–Trinajstić information content (AvgIpc) is 2.49. The predicted molar refractivity (Wildman–Crippen MR) is 84.5 cm³/mol. The Morgan fingerprint density at radius 1 is 1.20 bits per heavy atom. The molecule has 114 valence electrons. The lowest BCUT2D eigenvalue weighted by Gasteiger charge is -2.19. The molecular weight excluding hydrogens is 250 g/mol. The van der Waals surface area contributed by atoms with Crippen molar-refractivity contribution in [3.63, 3.8) is 0 Å². The highest BCUT2D eigenvalue weighted by Gasteiger charge is 2.12. The summed E-state index contributed by atoms with van der Waals surface area (Å²) in [4.78, 5) is 0. The summed E-state index contributed by atoms with van der Waals surface area (Å²) in [6.45, 7) is 7.95. The second kappa shape index (κ2) is 10.7. The van der Waals surface area contributed by atoms with Crippen molar-refractivity contribution in [2.45, 2.75) is 33.1 Å². The maximum Gasteiger partial charge on any atom is 0.122 e. The molecule has 0 aliphatic carbocycles. The minimum Gasteiger partial charge on any atom is -0.496 e. The van der Waals surface area contributed by atoms with Gasteiger partial charge in [-0.05, 0) is 56.8 Å². The summed E-state index contributed by atoms with van der Waals surface area (Å²) in [7, 11) is 1.74. The summed E-state index contributed by atoms with van der Waals surface area (Å²) in [6.07, 6.45) is 3.37. The molecule has 0 aliphatic rings. The zero-order valence-corrected chi connectivity index (χ0v) is 13.2. The lowest BCUT2D eigenvalue weighted by atomic mass is 9.94. The molecular formula is C17H29NO2. The number of benzene rings is 1. The van der Waals surface area contributed by atoms with Gasteiger partial charge in [-0.3, -0.25) is 0 Å². The molecule has 0 amide bonds. The van der Waals surface area contributed by atoms with E-state index in [0.717, 1.165) is 44.9 Å². The van der Waals surface area contributed by atoms with Crippen LogP contribution in [0.25, 0.3) is 0 Å². The van der Waals surface area contributed by atoms with Gasteiger partial charge in [0.05, 0.1) is 7.11 Å². The minimum absolute atomic E-state index is 0.631. The molecule has 0 bridgehead atoms. The van der Waals surface area contributed by atoms with Crippen LogP contribution in [-0.4, -0.2) is 33.4 Å². The molecule has 0 saturated heterocycles. The largest absolute Gasteiger partial charge is 0.496 e. The quantitative estimate of drug-likeness (QED) is 0.631. The van der Waals surface area contributed by atoms with Gasteiger partial charge < -0.3 is 14.8 Å². The SMILES string of the molecule is CCNCC(CCCOCC)Cc1ccccc1OC. The summed E-state index contributed by atoms with van der Waals surface area (Å²) in [5, 5.41) is 3.47. The maximum atomic E-state index is 5.45. The number of para-hydroxylation sites is 1. The van der Waals surface area contributed by atoms with Gasteiger partial charge in [0, 0.05) is 13.2 Å². The van der Waals surface area contributed by atoms with Gasteiger partial charge in [0.1, 0.15) is 5.75 Å². The topological polar surface area (TPSA) is 30.5 Å². The first-order valence-corrected chi connectivity index (χ1v) is 7.72. The Morgan fingerprint density at radius 2 is 2.00 bits per heavy atom. The number of hydrogen-bond acceptors (Lipinski definition) is 3. The summed E-state index contributed by atoms with van der Waals surface area (Å²) < 4.78 is 10.9. The maximum absolute atomic E-state index is 5.45. The molecule has 1 aromatic rings.